The second-order valence-corrected chi connectivity index (χ2v) is 7.64. The van der Waals surface area contributed by atoms with E-state index >= 15 is 0 Å². The molecule has 2 heterocycles. The highest BCUT2D eigenvalue weighted by Crippen LogP contribution is 2.37. The van der Waals surface area contributed by atoms with Crippen molar-refractivity contribution in [3.05, 3.63) is 102 Å². The molecule has 6 nitrogen and oxygen atoms in total. The van der Waals surface area contributed by atoms with E-state index in [1.807, 2.05) is 42.5 Å². The maximum atomic E-state index is 13.3. The van der Waals surface area contributed by atoms with E-state index in [4.69, 9.17) is 4.74 Å². The number of benzene rings is 3. The number of amides is 3. The van der Waals surface area contributed by atoms with E-state index in [9.17, 15) is 14.4 Å². The van der Waals surface area contributed by atoms with Crippen LogP contribution in [0.5, 0.6) is 5.75 Å². The van der Waals surface area contributed by atoms with E-state index in [1.54, 1.807) is 60.5 Å². The van der Waals surface area contributed by atoms with Crippen molar-refractivity contribution in [2.75, 3.05) is 12.0 Å². The zero-order chi connectivity index (χ0) is 22.2. The number of carbonyl (C=O) groups is 3. The number of ether oxygens (including phenoxy) is 1. The Hall–Kier alpha value is -4.19. The number of anilines is 1. The fraction of sp³-hybridized carbons (Fsp3) is 0.115. The summed E-state index contributed by atoms with van der Waals surface area (Å²) in [6.07, 6.45) is 3.77. The quantitative estimate of drug-likeness (QED) is 0.462. The summed E-state index contributed by atoms with van der Waals surface area (Å²) >= 11 is 0. The molecule has 1 fully saturated rings. The zero-order valence-electron chi connectivity index (χ0n) is 17.3. The summed E-state index contributed by atoms with van der Waals surface area (Å²) in [5, 5.41) is 0. The number of nitrogens with zero attached hydrogens (tertiary/aromatic N) is 2. The van der Waals surface area contributed by atoms with Crippen LogP contribution in [0, 0.1) is 0 Å². The lowest BCUT2D eigenvalue weighted by Crippen LogP contribution is -2.71. The Labute approximate surface area is 185 Å². The number of hydrogen-bond donors (Lipinski definition) is 0. The van der Waals surface area contributed by atoms with Gasteiger partial charge in [-0.15, -0.1) is 0 Å². The average molecular weight is 424 g/mol. The number of rotatable bonds is 5. The van der Waals surface area contributed by atoms with Gasteiger partial charge in [-0.2, -0.15) is 0 Å². The summed E-state index contributed by atoms with van der Waals surface area (Å²) in [6, 6.07) is 22.1. The van der Waals surface area contributed by atoms with Gasteiger partial charge in [0, 0.05) is 5.69 Å². The Bertz CT molecular complexity index is 1200. The van der Waals surface area contributed by atoms with Crippen LogP contribution in [0.4, 0.5) is 5.69 Å². The molecule has 2 atom stereocenters. The van der Waals surface area contributed by atoms with Crippen molar-refractivity contribution in [3.63, 3.8) is 0 Å². The first kappa shape index (κ1) is 19.8. The summed E-state index contributed by atoms with van der Waals surface area (Å²) < 4.78 is 5.21. The minimum absolute atomic E-state index is 0.299. The Kier molecular flexibility index (Phi) is 4.82. The highest BCUT2D eigenvalue weighted by Gasteiger charge is 2.55. The largest absolute Gasteiger partial charge is 0.497 e. The van der Waals surface area contributed by atoms with Gasteiger partial charge in [0.2, 0.25) is 0 Å². The molecule has 2 aliphatic heterocycles. The van der Waals surface area contributed by atoms with Crippen LogP contribution < -0.4 is 9.64 Å². The first-order valence-electron chi connectivity index (χ1n) is 10.3. The topological polar surface area (TPSA) is 66.9 Å². The monoisotopic (exact) mass is 424 g/mol. The van der Waals surface area contributed by atoms with Crippen LogP contribution in [0.15, 0.2) is 84.9 Å². The van der Waals surface area contributed by atoms with Gasteiger partial charge in [0.15, 0.2) is 0 Å². The third-order valence-corrected chi connectivity index (χ3v) is 5.85. The smallest absolute Gasteiger partial charge is 0.262 e. The molecule has 0 bridgehead atoms. The van der Waals surface area contributed by atoms with Gasteiger partial charge in [-0.1, -0.05) is 54.6 Å². The maximum Gasteiger partial charge on any atom is 0.262 e. The van der Waals surface area contributed by atoms with Gasteiger partial charge in [0.05, 0.1) is 24.3 Å². The zero-order valence-corrected chi connectivity index (χ0v) is 17.3. The molecular formula is C26H20N2O4. The van der Waals surface area contributed by atoms with Crippen molar-refractivity contribution in [2.24, 2.45) is 0 Å². The van der Waals surface area contributed by atoms with Gasteiger partial charge < -0.3 is 9.64 Å². The first-order chi connectivity index (χ1) is 15.6. The molecule has 0 radical (unpaired) electrons. The van der Waals surface area contributed by atoms with Crippen LogP contribution in [0.3, 0.4) is 0 Å². The lowest BCUT2D eigenvalue weighted by Gasteiger charge is -2.48. The van der Waals surface area contributed by atoms with E-state index < -0.39 is 23.9 Å². The number of β-lactam (4-membered cyclic amide) rings is 1. The predicted octanol–water partition coefficient (Wildman–Crippen LogP) is 3.79. The number of imide groups is 1. The molecule has 0 unspecified atom stereocenters. The average Bonchev–Trinajstić information content (AvgIpc) is 3.08. The Balaban J connectivity index is 1.51. The minimum atomic E-state index is -0.899. The van der Waals surface area contributed by atoms with Crippen molar-refractivity contribution >= 4 is 29.5 Å². The summed E-state index contributed by atoms with van der Waals surface area (Å²) in [6.45, 7) is 0. The predicted molar refractivity (Wildman–Crippen MR) is 120 cm³/mol. The number of hydrogen-bond acceptors (Lipinski definition) is 4. The molecule has 3 aromatic carbocycles. The molecule has 0 spiro atoms. The van der Waals surface area contributed by atoms with Crippen LogP contribution in [0.1, 0.15) is 26.3 Å². The molecule has 0 saturated carbocycles. The van der Waals surface area contributed by atoms with Crippen LogP contribution in [0.25, 0.3) is 6.08 Å². The fourth-order valence-corrected chi connectivity index (χ4v) is 4.23. The van der Waals surface area contributed by atoms with Crippen LogP contribution in [0.2, 0.25) is 0 Å². The fourth-order valence-electron chi connectivity index (χ4n) is 4.23. The molecule has 6 heteroatoms. The van der Waals surface area contributed by atoms with Crippen molar-refractivity contribution in [1.82, 2.24) is 4.90 Å². The third kappa shape index (κ3) is 3.08. The van der Waals surface area contributed by atoms with Crippen LogP contribution in [-0.4, -0.2) is 41.8 Å². The Morgan fingerprint density at radius 1 is 0.750 bits per heavy atom. The second-order valence-electron chi connectivity index (χ2n) is 7.64. The lowest BCUT2D eigenvalue weighted by molar-refractivity contribution is -0.128. The van der Waals surface area contributed by atoms with Gasteiger partial charge in [-0.3, -0.25) is 19.3 Å². The number of carbonyl (C=O) groups excluding carboxylic acids is 3. The molecule has 0 N–H and O–H groups in total. The van der Waals surface area contributed by atoms with Crippen LogP contribution in [-0.2, 0) is 4.79 Å². The normalized spacial score (nSPS) is 20.0. The molecule has 0 aliphatic carbocycles. The summed E-state index contributed by atoms with van der Waals surface area (Å²) in [5.74, 6) is -0.490. The third-order valence-electron chi connectivity index (χ3n) is 5.85. The van der Waals surface area contributed by atoms with E-state index in [0.717, 1.165) is 10.5 Å². The highest BCUT2D eigenvalue weighted by atomic mass is 16.5. The maximum absolute atomic E-state index is 13.3. The van der Waals surface area contributed by atoms with Crippen molar-refractivity contribution in [3.8, 4) is 5.75 Å². The molecule has 3 amide bonds. The summed E-state index contributed by atoms with van der Waals surface area (Å²) in [4.78, 5) is 42.0. The van der Waals surface area contributed by atoms with Crippen LogP contribution >= 0.6 is 0 Å². The molecule has 158 valence electrons. The van der Waals surface area contributed by atoms with E-state index in [1.165, 1.54) is 0 Å². The summed E-state index contributed by atoms with van der Waals surface area (Å²) in [5.41, 5.74) is 2.30. The molecule has 1 saturated heterocycles. The SMILES string of the molecule is COc1ccc(N2C(=O)[C@H](N3C(=O)c4ccccc4C3=O)[C@@H]2C=Cc2ccccc2)cc1. The Morgan fingerprint density at radius 3 is 1.94 bits per heavy atom. The number of fused-ring (bicyclic) bond motifs is 1. The molecule has 2 aliphatic rings. The molecule has 0 aromatic heterocycles. The molecule has 32 heavy (non-hydrogen) atoms. The Morgan fingerprint density at radius 2 is 1.34 bits per heavy atom. The van der Waals surface area contributed by atoms with Gasteiger partial charge in [-0.05, 0) is 42.0 Å². The molecule has 5 rings (SSSR count). The van der Waals surface area contributed by atoms with Gasteiger partial charge in [0.25, 0.3) is 17.7 Å². The highest BCUT2D eigenvalue weighted by molar-refractivity contribution is 6.24. The van der Waals surface area contributed by atoms with Gasteiger partial charge in [-0.25, -0.2) is 0 Å². The van der Waals surface area contributed by atoms with E-state index in [2.05, 4.69) is 0 Å². The molecular weight excluding hydrogens is 404 g/mol. The van der Waals surface area contributed by atoms with Gasteiger partial charge >= 0.3 is 0 Å². The standard InChI is InChI=1S/C26H20N2O4/c1-32-19-14-12-18(13-15-19)27-22(16-11-17-7-3-2-4-8-17)23(26(27)31)28-24(29)20-9-5-6-10-21(20)25(28)30/h2-16,22-23H,1H3/t22-,23+/m0/s1. The van der Waals surface area contributed by atoms with Crippen molar-refractivity contribution < 1.29 is 19.1 Å². The summed E-state index contributed by atoms with van der Waals surface area (Å²) in [7, 11) is 1.58. The molecule has 3 aromatic rings. The number of methoxy groups -OCH3 is 1. The van der Waals surface area contributed by atoms with E-state index in [-0.39, 0.29) is 5.91 Å². The van der Waals surface area contributed by atoms with Gasteiger partial charge in [0.1, 0.15) is 11.8 Å². The first-order valence-corrected chi connectivity index (χ1v) is 10.3. The minimum Gasteiger partial charge on any atom is -0.497 e. The lowest BCUT2D eigenvalue weighted by atomic mass is 9.91. The van der Waals surface area contributed by atoms with Crippen molar-refractivity contribution in [1.29, 1.82) is 0 Å². The van der Waals surface area contributed by atoms with E-state index in [0.29, 0.717) is 22.6 Å². The van der Waals surface area contributed by atoms with Crippen molar-refractivity contribution in [2.45, 2.75) is 12.1 Å². The second kappa shape index (κ2) is 7.81.